The normalized spacial score (nSPS) is 15.7. The zero-order valence-electron chi connectivity index (χ0n) is 23.7. The third-order valence-electron chi connectivity index (χ3n) is 9.41. The van der Waals surface area contributed by atoms with E-state index in [0.29, 0.717) is 0 Å². The lowest BCUT2D eigenvalue weighted by Crippen LogP contribution is -2.50. The van der Waals surface area contributed by atoms with Gasteiger partial charge in [-0.3, -0.25) is 0 Å². The summed E-state index contributed by atoms with van der Waals surface area (Å²) >= 11 is 0. The van der Waals surface area contributed by atoms with Crippen LogP contribution in [0.5, 0.6) is 0 Å². The molecule has 3 heterocycles. The van der Waals surface area contributed by atoms with Crippen LogP contribution in [0.25, 0.3) is 55.2 Å². The maximum atomic E-state index is 6.45. The number of anilines is 2. The maximum absolute atomic E-state index is 6.45. The smallest absolute Gasteiger partial charge is 0.212 e. The lowest BCUT2D eigenvalue weighted by atomic mass is 9.82. The minimum Gasteiger partial charge on any atom is -0.455 e. The van der Waals surface area contributed by atoms with Gasteiger partial charge in [-0.25, -0.2) is 4.98 Å². The average Bonchev–Trinajstić information content (AvgIpc) is 3.60. The summed E-state index contributed by atoms with van der Waals surface area (Å²) in [6, 6.07) is 40.5. The molecule has 0 saturated heterocycles. The van der Waals surface area contributed by atoms with E-state index in [1.165, 1.54) is 11.1 Å². The number of furan rings is 1. The van der Waals surface area contributed by atoms with Crippen molar-refractivity contribution in [3.63, 3.8) is 0 Å². The van der Waals surface area contributed by atoms with Crippen LogP contribution in [0.2, 0.25) is 0 Å². The van der Waals surface area contributed by atoms with Crippen LogP contribution >= 0.6 is 0 Å². The van der Waals surface area contributed by atoms with Gasteiger partial charge in [-0.2, -0.15) is 0 Å². The van der Waals surface area contributed by atoms with Gasteiger partial charge in [0.05, 0.1) is 27.8 Å². The van der Waals surface area contributed by atoms with Gasteiger partial charge in [-0.15, -0.1) is 0 Å². The van der Waals surface area contributed by atoms with Crippen LogP contribution in [0.4, 0.5) is 11.6 Å². The number of rotatable bonds is 3. The van der Waals surface area contributed by atoms with Gasteiger partial charge in [0.15, 0.2) is 0 Å². The van der Waals surface area contributed by atoms with E-state index in [4.69, 9.17) is 9.40 Å². The third kappa shape index (κ3) is 3.19. The summed E-state index contributed by atoms with van der Waals surface area (Å²) in [5.74, 6) is 0.961. The molecular formula is C37H31N3O. The molecule has 0 aliphatic carbocycles. The van der Waals surface area contributed by atoms with E-state index >= 15 is 0 Å². The number of nitrogens with zero attached hydrogens (tertiary/aromatic N) is 3. The van der Waals surface area contributed by atoms with E-state index in [1.807, 2.05) is 12.1 Å². The van der Waals surface area contributed by atoms with Crippen LogP contribution < -0.4 is 4.90 Å². The number of para-hydroxylation sites is 4. The molecule has 8 rings (SSSR count). The molecule has 4 heteroatoms. The van der Waals surface area contributed by atoms with Crippen molar-refractivity contribution < 1.29 is 4.42 Å². The first-order valence-corrected chi connectivity index (χ1v) is 14.3. The molecule has 2 aromatic heterocycles. The molecule has 200 valence electrons. The van der Waals surface area contributed by atoms with Gasteiger partial charge in [0.2, 0.25) is 5.95 Å². The summed E-state index contributed by atoms with van der Waals surface area (Å²) in [7, 11) is 0. The van der Waals surface area contributed by atoms with Gasteiger partial charge in [0, 0.05) is 27.5 Å². The molecule has 0 spiro atoms. The summed E-state index contributed by atoms with van der Waals surface area (Å²) in [5, 5.41) is 2.26. The van der Waals surface area contributed by atoms with Gasteiger partial charge >= 0.3 is 0 Å². The monoisotopic (exact) mass is 533 g/mol. The number of aromatic nitrogens is 2. The Labute approximate surface area is 239 Å². The Bertz CT molecular complexity index is 2110. The Morgan fingerprint density at radius 2 is 1.24 bits per heavy atom. The lowest BCUT2D eigenvalue weighted by Gasteiger charge is -2.42. The summed E-state index contributed by atoms with van der Waals surface area (Å²) in [5.41, 5.74) is 9.13. The van der Waals surface area contributed by atoms with Crippen LogP contribution in [-0.2, 0) is 5.54 Å². The molecule has 5 aromatic carbocycles. The summed E-state index contributed by atoms with van der Waals surface area (Å²) in [6.45, 7) is 9.31. The van der Waals surface area contributed by atoms with Gasteiger partial charge in [-0.1, -0.05) is 97.1 Å². The zero-order valence-corrected chi connectivity index (χ0v) is 23.7. The van der Waals surface area contributed by atoms with Gasteiger partial charge < -0.3 is 13.9 Å². The summed E-state index contributed by atoms with van der Waals surface area (Å²) in [4.78, 5) is 7.91. The second-order valence-corrected chi connectivity index (χ2v) is 12.0. The molecule has 0 saturated carbocycles. The number of fused-ring (bicyclic) bond motifs is 6. The molecule has 0 bridgehead atoms. The topological polar surface area (TPSA) is 34.2 Å². The third-order valence-corrected chi connectivity index (χ3v) is 9.41. The standard InChI is InChI=1S/C37H31N3O/c1-36(2)37(3,4)40-31-22-13-18-27(29-20-12-19-28-26-17-9-11-23-32(26)41-34(28)29)33(31)38-35(40)39(36)30-21-10-8-16-25(30)24-14-6-5-7-15-24/h5-23H,1-4H3. The fourth-order valence-corrected chi connectivity index (χ4v) is 6.70. The SMILES string of the molecule is CC1(C)N(c2ccccc2-c2ccccc2)c2nc3c(-c4cccc5c4oc4ccccc45)cccc3n2C1(C)C. The highest BCUT2D eigenvalue weighted by Gasteiger charge is 2.53. The van der Waals surface area contributed by atoms with Gasteiger partial charge in [0.1, 0.15) is 11.2 Å². The van der Waals surface area contributed by atoms with Crippen molar-refractivity contribution in [1.29, 1.82) is 0 Å². The highest BCUT2D eigenvalue weighted by Crippen LogP contribution is 2.54. The minimum atomic E-state index is -0.247. The van der Waals surface area contributed by atoms with Crippen molar-refractivity contribution in [3.05, 3.63) is 115 Å². The van der Waals surface area contributed by atoms with Crippen LogP contribution in [0.3, 0.4) is 0 Å². The van der Waals surface area contributed by atoms with Crippen molar-refractivity contribution in [1.82, 2.24) is 9.55 Å². The fourth-order valence-electron chi connectivity index (χ4n) is 6.70. The van der Waals surface area contributed by atoms with Crippen LogP contribution in [0, 0.1) is 0 Å². The first-order valence-electron chi connectivity index (χ1n) is 14.3. The Morgan fingerprint density at radius 1 is 0.585 bits per heavy atom. The quantitative estimate of drug-likeness (QED) is 0.227. The second-order valence-electron chi connectivity index (χ2n) is 12.0. The highest BCUT2D eigenvalue weighted by atomic mass is 16.3. The molecule has 0 N–H and O–H groups in total. The van der Waals surface area contributed by atoms with Crippen LogP contribution in [0.1, 0.15) is 27.7 Å². The number of benzene rings is 5. The van der Waals surface area contributed by atoms with Crippen molar-refractivity contribution in [3.8, 4) is 22.3 Å². The summed E-state index contributed by atoms with van der Waals surface area (Å²) in [6.07, 6.45) is 0. The molecule has 0 fully saturated rings. The van der Waals surface area contributed by atoms with Crippen molar-refractivity contribution in [2.45, 2.75) is 38.8 Å². The lowest BCUT2D eigenvalue weighted by molar-refractivity contribution is 0.253. The minimum absolute atomic E-state index is 0.245. The van der Waals surface area contributed by atoms with E-state index < -0.39 is 0 Å². The van der Waals surface area contributed by atoms with E-state index in [1.54, 1.807) is 0 Å². The molecule has 0 unspecified atom stereocenters. The predicted molar refractivity (Wildman–Crippen MR) is 170 cm³/mol. The molecule has 0 radical (unpaired) electrons. The van der Waals surface area contributed by atoms with Gasteiger partial charge in [-0.05, 0) is 51.5 Å². The zero-order chi connectivity index (χ0) is 27.9. The highest BCUT2D eigenvalue weighted by molar-refractivity contribution is 6.11. The molecule has 41 heavy (non-hydrogen) atoms. The molecule has 4 nitrogen and oxygen atoms in total. The van der Waals surface area contributed by atoms with Crippen molar-refractivity contribution >= 4 is 44.6 Å². The Kier molecular flexibility index (Phi) is 4.88. The average molecular weight is 534 g/mol. The molecule has 7 aromatic rings. The van der Waals surface area contributed by atoms with E-state index in [9.17, 15) is 0 Å². The molecule has 0 atom stereocenters. The van der Waals surface area contributed by atoms with Crippen molar-refractivity contribution in [2.24, 2.45) is 0 Å². The Morgan fingerprint density at radius 3 is 2.10 bits per heavy atom. The van der Waals surface area contributed by atoms with E-state index in [-0.39, 0.29) is 11.1 Å². The molecular weight excluding hydrogens is 502 g/mol. The molecule has 0 amide bonds. The molecule has 1 aliphatic rings. The Hall–Kier alpha value is -4.83. The van der Waals surface area contributed by atoms with Gasteiger partial charge in [0.25, 0.3) is 0 Å². The fraction of sp³-hybridized carbons (Fsp3) is 0.162. The van der Waals surface area contributed by atoms with E-state index in [2.05, 4.69) is 140 Å². The molecule has 1 aliphatic heterocycles. The first kappa shape index (κ1) is 24.0. The largest absolute Gasteiger partial charge is 0.455 e. The first-order chi connectivity index (χ1) is 19.9. The van der Waals surface area contributed by atoms with Crippen LogP contribution in [-0.4, -0.2) is 15.1 Å². The summed E-state index contributed by atoms with van der Waals surface area (Å²) < 4.78 is 8.89. The van der Waals surface area contributed by atoms with E-state index in [0.717, 1.165) is 55.7 Å². The van der Waals surface area contributed by atoms with Crippen molar-refractivity contribution in [2.75, 3.05) is 4.90 Å². The van der Waals surface area contributed by atoms with Crippen LogP contribution in [0.15, 0.2) is 120 Å². The number of imidazole rings is 1. The maximum Gasteiger partial charge on any atom is 0.212 e. The Balaban J connectivity index is 1.40. The number of hydrogen-bond acceptors (Lipinski definition) is 3. The second kappa shape index (κ2) is 8.34. The predicted octanol–water partition coefficient (Wildman–Crippen LogP) is 9.94. The number of hydrogen-bond donors (Lipinski definition) is 0.